The van der Waals surface area contributed by atoms with Gasteiger partial charge in [0.05, 0.1) is 29.9 Å². The Morgan fingerprint density at radius 2 is 1.66 bits per heavy atom. The van der Waals surface area contributed by atoms with E-state index in [1.54, 1.807) is 12.2 Å². The molecule has 3 rings (SSSR count). The van der Waals surface area contributed by atoms with Crippen molar-refractivity contribution >= 4 is 29.3 Å². The minimum atomic E-state index is -4.63. The Kier molecular flexibility index (Phi) is 8.24. The van der Waals surface area contributed by atoms with E-state index >= 15 is 0 Å². The third kappa shape index (κ3) is 7.30. The molecule has 194 valence electrons. The number of benzene rings is 1. The summed E-state index contributed by atoms with van der Waals surface area (Å²) in [7, 11) is 0. The summed E-state index contributed by atoms with van der Waals surface area (Å²) in [5, 5.41) is 6.55. The van der Waals surface area contributed by atoms with E-state index in [1.165, 1.54) is 6.92 Å². The molecule has 35 heavy (non-hydrogen) atoms. The molecular formula is C23H30F4N4O4. The first-order valence-corrected chi connectivity index (χ1v) is 11.6. The first-order chi connectivity index (χ1) is 16.4. The Morgan fingerprint density at radius 3 is 2.17 bits per heavy atom. The summed E-state index contributed by atoms with van der Waals surface area (Å²) >= 11 is 0. The Bertz CT molecular complexity index is 952. The van der Waals surface area contributed by atoms with E-state index in [1.807, 2.05) is 0 Å². The smallest absolute Gasteiger partial charge is 0.411 e. The van der Waals surface area contributed by atoms with Gasteiger partial charge in [-0.3, -0.25) is 14.9 Å². The molecule has 2 atom stereocenters. The summed E-state index contributed by atoms with van der Waals surface area (Å²) in [6.45, 7) is 1.28. The molecule has 1 aromatic rings. The van der Waals surface area contributed by atoms with E-state index in [-0.39, 0.29) is 29.5 Å². The number of amides is 3. The Labute approximate surface area is 200 Å². The van der Waals surface area contributed by atoms with Crippen LogP contribution in [0.2, 0.25) is 0 Å². The van der Waals surface area contributed by atoms with E-state index < -0.39 is 48.4 Å². The molecule has 0 aliphatic heterocycles. The number of nitrogens with two attached hydrogens (primary N) is 1. The molecule has 1 aromatic carbocycles. The molecule has 0 aromatic heterocycles. The summed E-state index contributed by atoms with van der Waals surface area (Å²) in [6, 6.07) is 1.16. The highest BCUT2D eigenvalue weighted by molar-refractivity contribution is 5.97. The zero-order chi connectivity index (χ0) is 25.9. The van der Waals surface area contributed by atoms with Crippen molar-refractivity contribution in [3.63, 3.8) is 0 Å². The molecule has 0 heterocycles. The van der Waals surface area contributed by atoms with Crippen molar-refractivity contribution in [2.45, 2.75) is 57.7 Å². The van der Waals surface area contributed by atoms with Crippen LogP contribution in [0.1, 0.15) is 51.0 Å². The fourth-order valence-electron chi connectivity index (χ4n) is 4.23. The molecule has 2 fully saturated rings. The average molecular weight is 503 g/mol. The first-order valence-electron chi connectivity index (χ1n) is 11.6. The van der Waals surface area contributed by atoms with Gasteiger partial charge in [0, 0.05) is 0 Å². The van der Waals surface area contributed by atoms with E-state index in [4.69, 9.17) is 10.5 Å². The van der Waals surface area contributed by atoms with E-state index in [2.05, 4.69) is 10.6 Å². The number of ether oxygens (including phenoxy) is 1. The predicted octanol–water partition coefficient (Wildman–Crippen LogP) is 3.88. The molecular weight excluding hydrogens is 472 g/mol. The van der Waals surface area contributed by atoms with Crippen LogP contribution in [-0.2, 0) is 14.3 Å². The van der Waals surface area contributed by atoms with Crippen molar-refractivity contribution < 1.29 is 36.7 Å². The quantitative estimate of drug-likeness (QED) is 0.362. The van der Waals surface area contributed by atoms with Crippen LogP contribution in [-0.4, -0.2) is 43.3 Å². The average Bonchev–Trinajstić information content (AvgIpc) is 3.69. The van der Waals surface area contributed by atoms with Crippen LogP contribution in [0.4, 0.5) is 33.7 Å². The second kappa shape index (κ2) is 10.8. The lowest BCUT2D eigenvalue weighted by Crippen LogP contribution is -2.44. The monoisotopic (exact) mass is 502 g/mol. The molecule has 1 unspecified atom stereocenters. The number of anilines is 2. The van der Waals surface area contributed by atoms with Crippen LogP contribution in [0.25, 0.3) is 0 Å². The highest BCUT2D eigenvalue weighted by Crippen LogP contribution is 2.50. The Hall–Kier alpha value is -2.89. The fourth-order valence-corrected chi connectivity index (χ4v) is 4.23. The van der Waals surface area contributed by atoms with Crippen LogP contribution in [0, 0.1) is 23.6 Å². The van der Waals surface area contributed by atoms with Gasteiger partial charge >= 0.3 is 12.3 Å². The van der Waals surface area contributed by atoms with Crippen LogP contribution in [0.15, 0.2) is 12.1 Å². The predicted molar refractivity (Wildman–Crippen MR) is 120 cm³/mol. The van der Waals surface area contributed by atoms with Gasteiger partial charge in [0.25, 0.3) is 0 Å². The molecule has 0 spiro atoms. The van der Waals surface area contributed by atoms with Crippen molar-refractivity contribution in [3.05, 3.63) is 23.5 Å². The normalized spacial score (nSPS) is 17.5. The number of rotatable bonds is 10. The van der Waals surface area contributed by atoms with E-state index in [0.717, 1.165) is 37.8 Å². The topological polar surface area (TPSA) is 123 Å². The fraction of sp³-hybridized carbons (Fsp3) is 0.609. The summed E-state index contributed by atoms with van der Waals surface area (Å²) < 4.78 is 57.3. The number of alkyl halides is 3. The number of hydrogen-bond donors (Lipinski definition) is 4. The van der Waals surface area contributed by atoms with Gasteiger partial charge in [0.1, 0.15) is 12.4 Å². The molecule has 2 aliphatic rings. The van der Waals surface area contributed by atoms with Crippen LogP contribution < -0.4 is 21.7 Å². The minimum Gasteiger partial charge on any atom is -0.450 e. The third-order valence-electron chi connectivity index (χ3n) is 6.28. The zero-order valence-corrected chi connectivity index (χ0v) is 19.5. The molecule has 2 saturated carbocycles. The van der Waals surface area contributed by atoms with E-state index in [9.17, 15) is 31.9 Å². The zero-order valence-electron chi connectivity index (χ0n) is 19.5. The van der Waals surface area contributed by atoms with Gasteiger partial charge in [0.15, 0.2) is 0 Å². The highest BCUT2D eigenvalue weighted by atomic mass is 19.4. The lowest BCUT2D eigenvalue weighted by molar-refractivity contribution is -0.139. The van der Waals surface area contributed by atoms with Crippen LogP contribution in [0.3, 0.4) is 0 Å². The largest absolute Gasteiger partial charge is 0.450 e. The molecule has 0 radical (unpaired) electrons. The number of hydrogen-bond acceptors (Lipinski definition) is 5. The van der Waals surface area contributed by atoms with Gasteiger partial charge in [-0.05, 0) is 75.0 Å². The van der Waals surface area contributed by atoms with Gasteiger partial charge in [-0.25, -0.2) is 9.18 Å². The molecule has 3 amide bonds. The summed E-state index contributed by atoms with van der Waals surface area (Å²) in [4.78, 5) is 37.1. The van der Waals surface area contributed by atoms with Crippen molar-refractivity contribution in [3.8, 4) is 0 Å². The van der Waals surface area contributed by atoms with Crippen molar-refractivity contribution in [2.24, 2.45) is 23.5 Å². The Balaban J connectivity index is 1.82. The summed E-state index contributed by atoms with van der Waals surface area (Å²) in [5.41, 5.74) is 5.75. The summed E-state index contributed by atoms with van der Waals surface area (Å²) in [6.07, 6.45) is -1.52. The molecule has 0 bridgehead atoms. The molecule has 2 aliphatic carbocycles. The van der Waals surface area contributed by atoms with Crippen molar-refractivity contribution in [1.82, 2.24) is 5.32 Å². The lowest BCUT2D eigenvalue weighted by Gasteiger charge is -2.24. The standard InChI is InChI=1S/C23H30F4N4O4/c1-3-35-22(34)31-16-9-17(30-21(33)19(28)18(12-4-5-12)13-6-7-13)15(24)8-14(16)11(2)20(32)29-10-23(25,26)27/h8-9,11-13,18-19H,3-7,10,28H2,1-2H3,(H,29,32)(H,30,33)(H,31,34)/t11?,19-/m0/s1. The van der Waals surface area contributed by atoms with Crippen molar-refractivity contribution in [2.75, 3.05) is 23.8 Å². The van der Waals surface area contributed by atoms with E-state index in [0.29, 0.717) is 11.8 Å². The molecule has 8 nitrogen and oxygen atoms in total. The first kappa shape index (κ1) is 26.7. The second-order valence-electron chi connectivity index (χ2n) is 9.09. The maximum atomic E-state index is 15.0. The number of halogens is 4. The SMILES string of the molecule is CCOC(=O)Nc1cc(NC(=O)[C@@H](N)C(C2CC2)C2CC2)c(F)cc1C(C)C(=O)NCC(F)(F)F. The minimum absolute atomic E-state index is 0.0200. The third-order valence-corrected chi connectivity index (χ3v) is 6.28. The van der Waals surface area contributed by atoms with Crippen LogP contribution in [0.5, 0.6) is 0 Å². The van der Waals surface area contributed by atoms with Crippen molar-refractivity contribution in [1.29, 1.82) is 0 Å². The molecule has 5 N–H and O–H groups in total. The Morgan fingerprint density at radius 1 is 1.06 bits per heavy atom. The van der Waals surface area contributed by atoms with Crippen LogP contribution >= 0.6 is 0 Å². The van der Waals surface area contributed by atoms with Gasteiger partial charge in [-0.15, -0.1) is 0 Å². The maximum absolute atomic E-state index is 15.0. The number of nitrogens with one attached hydrogen (secondary N) is 3. The highest BCUT2D eigenvalue weighted by Gasteiger charge is 2.46. The van der Waals surface area contributed by atoms with Gasteiger partial charge in [-0.2, -0.15) is 13.2 Å². The maximum Gasteiger partial charge on any atom is 0.411 e. The molecule has 12 heteroatoms. The lowest BCUT2D eigenvalue weighted by atomic mass is 9.89. The van der Waals surface area contributed by atoms with Gasteiger partial charge < -0.3 is 21.1 Å². The van der Waals surface area contributed by atoms with Gasteiger partial charge in [-0.1, -0.05) is 0 Å². The molecule has 0 saturated heterocycles. The summed E-state index contributed by atoms with van der Waals surface area (Å²) in [5.74, 6) is -3.00. The second-order valence-corrected chi connectivity index (χ2v) is 9.09. The van der Waals surface area contributed by atoms with Gasteiger partial charge in [0.2, 0.25) is 11.8 Å². The number of carbonyl (C=O) groups is 3. The number of carbonyl (C=O) groups excluding carboxylic acids is 3.